The predicted molar refractivity (Wildman–Crippen MR) is 95.2 cm³/mol. The van der Waals surface area contributed by atoms with E-state index in [4.69, 9.17) is 4.74 Å². The van der Waals surface area contributed by atoms with Crippen LogP contribution in [-0.2, 0) is 14.8 Å². The maximum atomic E-state index is 12.2. The summed E-state index contributed by atoms with van der Waals surface area (Å²) in [6, 6.07) is 5.93. The Bertz CT molecular complexity index is 666. The second kappa shape index (κ2) is 8.64. The van der Waals surface area contributed by atoms with Gasteiger partial charge in [-0.15, -0.1) is 0 Å². The molecule has 7 nitrogen and oxygen atoms in total. The van der Waals surface area contributed by atoms with E-state index in [1.54, 1.807) is 26.0 Å². The summed E-state index contributed by atoms with van der Waals surface area (Å²) in [6.07, 6.45) is 0. The quantitative estimate of drug-likeness (QED) is 0.678. The fraction of sp³-hybridized carbons (Fsp3) is 0.588. The number of hydrogen-bond donors (Lipinski definition) is 2. The molecular formula is C17H28N3O4S+. The van der Waals surface area contributed by atoms with E-state index in [0.717, 1.165) is 32.7 Å². The summed E-state index contributed by atoms with van der Waals surface area (Å²) >= 11 is 0. The highest BCUT2D eigenvalue weighted by atomic mass is 32.2. The number of sulfonamides is 1. The van der Waals surface area contributed by atoms with E-state index in [1.165, 1.54) is 17.0 Å². The molecule has 0 saturated carbocycles. The first-order valence-corrected chi connectivity index (χ1v) is 10.2. The molecule has 0 bridgehead atoms. The van der Waals surface area contributed by atoms with Crippen molar-refractivity contribution in [2.24, 2.45) is 0 Å². The van der Waals surface area contributed by atoms with Crippen molar-refractivity contribution in [2.75, 3.05) is 39.3 Å². The number of nitrogens with zero attached hydrogens (tertiary/aromatic N) is 1. The summed E-state index contributed by atoms with van der Waals surface area (Å²) in [5, 5.41) is 0. The smallest absolute Gasteiger partial charge is 0.260 e. The van der Waals surface area contributed by atoms with E-state index < -0.39 is 10.0 Å². The summed E-state index contributed by atoms with van der Waals surface area (Å²) in [5.74, 6) is 0.447. The van der Waals surface area contributed by atoms with Crippen molar-refractivity contribution in [2.45, 2.75) is 31.7 Å². The number of carbonyl (C=O) groups excluding carboxylic acids is 1. The van der Waals surface area contributed by atoms with Crippen molar-refractivity contribution in [1.82, 2.24) is 9.62 Å². The average Bonchev–Trinajstić information content (AvgIpc) is 2.59. The highest BCUT2D eigenvalue weighted by Gasteiger charge is 2.22. The Labute approximate surface area is 150 Å². The molecule has 140 valence electrons. The summed E-state index contributed by atoms with van der Waals surface area (Å²) < 4.78 is 32.2. The molecule has 0 aliphatic carbocycles. The van der Waals surface area contributed by atoms with Gasteiger partial charge in [0, 0.05) is 6.04 Å². The van der Waals surface area contributed by atoms with Crippen LogP contribution in [0.5, 0.6) is 5.75 Å². The van der Waals surface area contributed by atoms with Crippen LogP contribution in [0.15, 0.2) is 29.2 Å². The van der Waals surface area contributed by atoms with Crippen molar-refractivity contribution in [3.8, 4) is 5.75 Å². The SMILES string of the molecule is CC[NH+]1CCN(C(=O)COc2ccc(S(=O)(=O)NC(C)C)cc2)CC1. The Balaban J connectivity index is 1.86. The van der Waals surface area contributed by atoms with E-state index in [-0.39, 0.29) is 23.5 Å². The number of piperazine rings is 1. The molecule has 1 heterocycles. The number of nitrogens with one attached hydrogen (secondary N) is 2. The van der Waals surface area contributed by atoms with Crippen LogP contribution in [-0.4, -0.2) is 64.6 Å². The molecule has 0 aromatic heterocycles. The zero-order valence-electron chi connectivity index (χ0n) is 15.1. The molecule has 1 saturated heterocycles. The molecule has 2 N–H and O–H groups in total. The molecule has 1 fully saturated rings. The van der Waals surface area contributed by atoms with Gasteiger partial charge in [0.1, 0.15) is 5.75 Å². The lowest BCUT2D eigenvalue weighted by atomic mass is 10.3. The number of rotatable bonds is 7. The molecule has 1 aliphatic heterocycles. The highest BCUT2D eigenvalue weighted by Crippen LogP contribution is 2.16. The third-order valence-electron chi connectivity index (χ3n) is 4.21. The van der Waals surface area contributed by atoms with E-state index in [1.807, 2.05) is 4.90 Å². The Morgan fingerprint density at radius 3 is 2.36 bits per heavy atom. The zero-order valence-corrected chi connectivity index (χ0v) is 15.9. The van der Waals surface area contributed by atoms with Crippen LogP contribution in [0.1, 0.15) is 20.8 Å². The molecule has 1 aromatic carbocycles. The van der Waals surface area contributed by atoms with Crippen molar-refractivity contribution in [3.63, 3.8) is 0 Å². The minimum Gasteiger partial charge on any atom is -0.484 e. The van der Waals surface area contributed by atoms with Gasteiger partial charge in [0.2, 0.25) is 10.0 Å². The molecule has 0 radical (unpaired) electrons. The summed E-state index contributed by atoms with van der Waals surface area (Å²) in [5.41, 5.74) is 0. The van der Waals surface area contributed by atoms with Gasteiger partial charge in [0.25, 0.3) is 5.91 Å². The third kappa shape index (κ3) is 5.69. The highest BCUT2D eigenvalue weighted by molar-refractivity contribution is 7.89. The van der Waals surface area contributed by atoms with Crippen LogP contribution in [0.2, 0.25) is 0 Å². The van der Waals surface area contributed by atoms with E-state index in [9.17, 15) is 13.2 Å². The maximum Gasteiger partial charge on any atom is 0.260 e. The van der Waals surface area contributed by atoms with Crippen molar-refractivity contribution < 1.29 is 22.8 Å². The molecule has 0 unspecified atom stereocenters. The Hall–Kier alpha value is -1.64. The van der Waals surface area contributed by atoms with Crippen LogP contribution in [0.3, 0.4) is 0 Å². The van der Waals surface area contributed by atoms with Gasteiger partial charge in [-0.3, -0.25) is 4.79 Å². The van der Waals surface area contributed by atoms with Gasteiger partial charge in [-0.25, -0.2) is 13.1 Å². The molecule has 2 rings (SSSR count). The van der Waals surface area contributed by atoms with Gasteiger partial charge in [0.15, 0.2) is 6.61 Å². The van der Waals surface area contributed by atoms with Crippen LogP contribution >= 0.6 is 0 Å². The summed E-state index contributed by atoms with van der Waals surface area (Å²) in [7, 11) is -3.52. The third-order valence-corrected chi connectivity index (χ3v) is 5.88. The van der Waals surface area contributed by atoms with Gasteiger partial charge < -0.3 is 14.5 Å². The maximum absolute atomic E-state index is 12.2. The number of quaternary nitrogens is 1. The lowest BCUT2D eigenvalue weighted by molar-refractivity contribution is -0.902. The second-order valence-corrected chi connectivity index (χ2v) is 8.23. The number of likely N-dealkylation sites (N-methyl/N-ethyl adjacent to an activating group) is 1. The molecule has 0 atom stereocenters. The van der Waals surface area contributed by atoms with Crippen LogP contribution < -0.4 is 14.4 Å². The summed E-state index contributed by atoms with van der Waals surface area (Å²) in [6.45, 7) is 10.2. The normalized spacial score (nSPS) is 16.2. The number of hydrogen-bond acceptors (Lipinski definition) is 4. The second-order valence-electron chi connectivity index (χ2n) is 6.52. The number of benzene rings is 1. The zero-order chi connectivity index (χ0) is 18.4. The first kappa shape index (κ1) is 19.7. The number of carbonyl (C=O) groups is 1. The van der Waals surface area contributed by atoms with E-state index in [0.29, 0.717) is 5.75 Å². The van der Waals surface area contributed by atoms with Gasteiger partial charge in [0.05, 0.1) is 37.6 Å². The van der Waals surface area contributed by atoms with Gasteiger partial charge in [-0.2, -0.15) is 0 Å². The van der Waals surface area contributed by atoms with E-state index >= 15 is 0 Å². The molecule has 1 aromatic rings. The van der Waals surface area contributed by atoms with Crippen molar-refractivity contribution in [3.05, 3.63) is 24.3 Å². The minimum absolute atomic E-state index is 0.0300. The average molecular weight is 370 g/mol. The molecule has 0 spiro atoms. The largest absolute Gasteiger partial charge is 0.484 e. The molecular weight excluding hydrogens is 342 g/mol. The first-order chi connectivity index (χ1) is 11.8. The molecule has 1 amide bonds. The van der Waals surface area contributed by atoms with Crippen LogP contribution in [0.25, 0.3) is 0 Å². The van der Waals surface area contributed by atoms with Gasteiger partial charge in [-0.1, -0.05) is 0 Å². The predicted octanol–water partition coefficient (Wildman–Crippen LogP) is -0.501. The van der Waals surface area contributed by atoms with Crippen molar-refractivity contribution >= 4 is 15.9 Å². The monoisotopic (exact) mass is 370 g/mol. The van der Waals surface area contributed by atoms with Crippen LogP contribution in [0.4, 0.5) is 0 Å². The Morgan fingerprint density at radius 2 is 1.84 bits per heavy atom. The Morgan fingerprint density at radius 1 is 1.24 bits per heavy atom. The lowest BCUT2D eigenvalue weighted by Crippen LogP contribution is -3.14. The fourth-order valence-electron chi connectivity index (χ4n) is 2.76. The van der Waals surface area contributed by atoms with Gasteiger partial charge in [-0.05, 0) is 45.0 Å². The van der Waals surface area contributed by atoms with Gasteiger partial charge >= 0.3 is 0 Å². The molecule has 25 heavy (non-hydrogen) atoms. The number of ether oxygens (including phenoxy) is 1. The topological polar surface area (TPSA) is 80.2 Å². The van der Waals surface area contributed by atoms with E-state index in [2.05, 4.69) is 11.6 Å². The standard InChI is InChI=1S/C17H27N3O4S/c1-4-19-9-11-20(12-10-19)17(21)13-24-15-5-7-16(8-6-15)25(22,23)18-14(2)3/h5-8,14,18H,4,9-13H2,1-3H3/p+1. The lowest BCUT2D eigenvalue weighted by Gasteiger charge is -2.31. The summed E-state index contributed by atoms with van der Waals surface area (Å²) in [4.78, 5) is 15.7. The van der Waals surface area contributed by atoms with Crippen LogP contribution in [0, 0.1) is 0 Å². The molecule has 1 aliphatic rings. The Kier molecular flexibility index (Phi) is 6.80. The minimum atomic E-state index is -3.52. The fourth-order valence-corrected chi connectivity index (χ4v) is 4.01. The van der Waals surface area contributed by atoms with Crippen molar-refractivity contribution in [1.29, 1.82) is 0 Å². The molecule has 8 heteroatoms. The number of amides is 1. The first-order valence-electron chi connectivity index (χ1n) is 8.68.